The number of rotatable bonds is 3. The first kappa shape index (κ1) is 9.93. The monoisotopic (exact) mass is 180 g/mol. The third-order valence-electron chi connectivity index (χ3n) is 1.89. The van der Waals surface area contributed by atoms with Crippen molar-refractivity contribution < 1.29 is 9.50 Å². The van der Waals surface area contributed by atoms with Crippen LogP contribution in [0.2, 0.25) is 0 Å². The lowest BCUT2D eigenvalue weighted by atomic mass is 9.97. The molecule has 0 aliphatic heterocycles. The molecule has 1 aromatic carbocycles. The Balaban J connectivity index is 2.80. The first-order chi connectivity index (χ1) is 6.03. The van der Waals surface area contributed by atoms with Crippen LogP contribution in [0.25, 0.3) is 0 Å². The van der Waals surface area contributed by atoms with Crippen molar-refractivity contribution in [3.63, 3.8) is 0 Å². The van der Waals surface area contributed by atoms with Crippen LogP contribution in [0.4, 0.5) is 4.39 Å². The molecule has 2 heteroatoms. The molecule has 1 aromatic rings. The molecule has 0 saturated heterocycles. The predicted molar refractivity (Wildman–Crippen MR) is 50.9 cm³/mol. The zero-order valence-electron chi connectivity index (χ0n) is 7.63. The Bertz CT molecular complexity index is 305. The van der Waals surface area contributed by atoms with Crippen molar-refractivity contribution in [2.45, 2.75) is 18.9 Å². The first-order valence-corrected chi connectivity index (χ1v) is 4.14. The molecular formula is C11H13FO. The van der Waals surface area contributed by atoms with E-state index < -0.39 is 5.60 Å². The molecule has 0 fully saturated rings. The molecular weight excluding hydrogens is 167 g/mol. The number of benzene rings is 1. The third-order valence-corrected chi connectivity index (χ3v) is 1.89. The van der Waals surface area contributed by atoms with E-state index in [1.807, 2.05) is 0 Å². The minimum absolute atomic E-state index is 0.280. The predicted octanol–water partition coefficient (Wildman–Crippen LogP) is 2.31. The minimum Gasteiger partial charge on any atom is -0.386 e. The van der Waals surface area contributed by atoms with Crippen LogP contribution in [0, 0.1) is 5.82 Å². The maximum Gasteiger partial charge on any atom is 0.123 e. The van der Waals surface area contributed by atoms with Crippen molar-refractivity contribution in [2.24, 2.45) is 0 Å². The number of aliphatic hydroxyl groups is 1. The minimum atomic E-state index is -0.964. The molecule has 0 radical (unpaired) electrons. The van der Waals surface area contributed by atoms with Gasteiger partial charge in [0.1, 0.15) is 5.82 Å². The van der Waals surface area contributed by atoms with Crippen LogP contribution in [0.1, 0.15) is 12.5 Å². The summed E-state index contributed by atoms with van der Waals surface area (Å²) in [6, 6.07) is 6.20. The highest BCUT2D eigenvalue weighted by atomic mass is 19.1. The summed E-state index contributed by atoms with van der Waals surface area (Å²) in [5, 5.41) is 9.63. The van der Waals surface area contributed by atoms with E-state index in [1.165, 1.54) is 18.2 Å². The molecule has 1 rings (SSSR count). The summed E-state index contributed by atoms with van der Waals surface area (Å²) in [6.07, 6.45) is 1.84. The number of hydrogen-bond acceptors (Lipinski definition) is 1. The van der Waals surface area contributed by atoms with Gasteiger partial charge in [0, 0.05) is 6.42 Å². The van der Waals surface area contributed by atoms with Crippen LogP contribution in [0.3, 0.4) is 0 Å². The van der Waals surface area contributed by atoms with Gasteiger partial charge in [0.05, 0.1) is 5.60 Å². The van der Waals surface area contributed by atoms with Crippen molar-refractivity contribution in [1.82, 2.24) is 0 Å². The van der Waals surface area contributed by atoms with Gasteiger partial charge in [-0.1, -0.05) is 18.2 Å². The van der Waals surface area contributed by atoms with E-state index in [4.69, 9.17) is 0 Å². The second kappa shape index (κ2) is 3.71. The molecule has 13 heavy (non-hydrogen) atoms. The summed E-state index contributed by atoms with van der Waals surface area (Å²) in [6.45, 7) is 5.15. The van der Waals surface area contributed by atoms with E-state index in [9.17, 15) is 9.50 Å². The Labute approximate surface area is 77.5 Å². The summed E-state index contributed by atoms with van der Waals surface area (Å²) >= 11 is 0. The van der Waals surface area contributed by atoms with Gasteiger partial charge in [-0.25, -0.2) is 4.39 Å². The lowest BCUT2D eigenvalue weighted by molar-refractivity contribution is 0.112. The fraction of sp³-hybridized carbons (Fsp3) is 0.273. The summed E-state index contributed by atoms with van der Waals surface area (Å²) in [7, 11) is 0. The average Bonchev–Trinajstić information content (AvgIpc) is 2.03. The molecule has 0 bridgehead atoms. The van der Waals surface area contributed by atoms with Crippen LogP contribution >= 0.6 is 0 Å². The standard InChI is InChI=1S/C11H13FO/c1-3-11(2,13)8-9-5-4-6-10(12)7-9/h3-7,13H,1,8H2,2H3. The zero-order chi connectivity index (χ0) is 9.90. The van der Waals surface area contributed by atoms with Gasteiger partial charge in [-0.3, -0.25) is 0 Å². The van der Waals surface area contributed by atoms with E-state index in [1.54, 1.807) is 19.1 Å². The van der Waals surface area contributed by atoms with Crippen molar-refractivity contribution in [2.75, 3.05) is 0 Å². The van der Waals surface area contributed by atoms with Gasteiger partial charge in [-0.15, -0.1) is 6.58 Å². The second-order valence-corrected chi connectivity index (χ2v) is 3.37. The Kier molecular flexibility index (Phi) is 2.83. The lowest BCUT2D eigenvalue weighted by Gasteiger charge is -2.18. The molecule has 0 heterocycles. The van der Waals surface area contributed by atoms with E-state index in [0.29, 0.717) is 6.42 Å². The molecule has 1 nitrogen and oxygen atoms in total. The normalized spacial score (nSPS) is 15.0. The fourth-order valence-corrected chi connectivity index (χ4v) is 1.13. The highest BCUT2D eigenvalue weighted by Gasteiger charge is 2.15. The number of hydrogen-bond donors (Lipinski definition) is 1. The van der Waals surface area contributed by atoms with Crippen LogP contribution in [0.15, 0.2) is 36.9 Å². The maximum atomic E-state index is 12.7. The molecule has 1 N–H and O–H groups in total. The lowest BCUT2D eigenvalue weighted by Crippen LogP contribution is -2.23. The first-order valence-electron chi connectivity index (χ1n) is 4.14. The quantitative estimate of drug-likeness (QED) is 0.708. The van der Waals surface area contributed by atoms with E-state index >= 15 is 0 Å². The van der Waals surface area contributed by atoms with Gasteiger partial charge >= 0.3 is 0 Å². The fourth-order valence-electron chi connectivity index (χ4n) is 1.13. The Hall–Kier alpha value is -1.15. The van der Waals surface area contributed by atoms with Gasteiger partial charge in [-0.05, 0) is 24.6 Å². The van der Waals surface area contributed by atoms with Crippen LogP contribution in [0.5, 0.6) is 0 Å². The molecule has 0 aliphatic carbocycles. The van der Waals surface area contributed by atoms with Gasteiger partial charge in [0.15, 0.2) is 0 Å². The van der Waals surface area contributed by atoms with E-state index in [2.05, 4.69) is 6.58 Å². The molecule has 70 valence electrons. The van der Waals surface area contributed by atoms with E-state index in [0.717, 1.165) is 5.56 Å². The maximum absolute atomic E-state index is 12.7. The highest BCUT2D eigenvalue weighted by molar-refractivity contribution is 5.19. The Morgan fingerprint density at radius 2 is 2.31 bits per heavy atom. The van der Waals surface area contributed by atoms with Gasteiger partial charge in [0.2, 0.25) is 0 Å². The Morgan fingerprint density at radius 1 is 1.62 bits per heavy atom. The second-order valence-electron chi connectivity index (χ2n) is 3.37. The van der Waals surface area contributed by atoms with Crippen molar-refractivity contribution in [3.8, 4) is 0 Å². The van der Waals surface area contributed by atoms with Crippen molar-refractivity contribution in [3.05, 3.63) is 48.3 Å². The smallest absolute Gasteiger partial charge is 0.123 e. The van der Waals surface area contributed by atoms with Gasteiger partial charge in [0.25, 0.3) is 0 Å². The average molecular weight is 180 g/mol. The Morgan fingerprint density at radius 3 is 2.85 bits per heavy atom. The van der Waals surface area contributed by atoms with Crippen LogP contribution in [-0.4, -0.2) is 10.7 Å². The third kappa shape index (κ3) is 2.99. The number of halogens is 1. The summed E-state index contributed by atoms with van der Waals surface area (Å²) in [4.78, 5) is 0. The van der Waals surface area contributed by atoms with E-state index in [-0.39, 0.29) is 5.82 Å². The molecule has 0 amide bonds. The largest absolute Gasteiger partial charge is 0.386 e. The zero-order valence-corrected chi connectivity index (χ0v) is 7.63. The van der Waals surface area contributed by atoms with Crippen molar-refractivity contribution in [1.29, 1.82) is 0 Å². The van der Waals surface area contributed by atoms with Crippen LogP contribution < -0.4 is 0 Å². The molecule has 0 aliphatic rings. The SMILES string of the molecule is C=CC(C)(O)Cc1cccc(F)c1. The summed E-state index contributed by atoms with van der Waals surface area (Å²) in [5.41, 5.74) is -0.196. The summed E-state index contributed by atoms with van der Waals surface area (Å²) < 4.78 is 12.7. The van der Waals surface area contributed by atoms with Gasteiger partial charge in [-0.2, -0.15) is 0 Å². The van der Waals surface area contributed by atoms with Gasteiger partial charge < -0.3 is 5.11 Å². The molecule has 0 aromatic heterocycles. The molecule has 1 atom stereocenters. The molecule has 1 unspecified atom stereocenters. The topological polar surface area (TPSA) is 20.2 Å². The van der Waals surface area contributed by atoms with Crippen LogP contribution in [-0.2, 0) is 6.42 Å². The summed E-state index contributed by atoms with van der Waals surface area (Å²) in [5.74, 6) is -0.280. The molecule has 0 spiro atoms. The highest BCUT2D eigenvalue weighted by Crippen LogP contribution is 2.14. The van der Waals surface area contributed by atoms with Crippen molar-refractivity contribution >= 4 is 0 Å². The molecule has 0 saturated carbocycles.